The van der Waals surface area contributed by atoms with Gasteiger partial charge in [0.1, 0.15) is 0 Å². The summed E-state index contributed by atoms with van der Waals surface area (Å²) in [6.07, 6.45) is 2.87. The third-order valence-electron chi connectivity index (χ3n) is 4.93. The van der Waals surface area contributed by atoms with E-state index in [0.29, 0.717) is 30.6 Å². The van der Waals surface area contributed by atoms with Gasteiger partial charge in [0.05, 0.1) is 0 Å². The highest BCUT2D eigenvalue weighted by Crippen LogP contribution is 2.25. The molecule has 1 unspecified atom stereocenters. The molecule has 1 aliphatic heterocycles. The molecule has 2 N–H and O–H groups in total. The molecule has 2 aromatic rings. The summed E-state index contributed by atoms with van der Waals surface area (Å²) in [6.45, 7) is 7.00. The minimum Gasteiger partial charge on any atom is -0.326 e. The van der Waals surface area contributed by atoms with Crippen LogP contribution in [-0.2, 0) is 11.3 Å². The second-order valence-electron chi connectivity index (χ2n) is 6.72. The molecule has 1 fully saturated rings. The van der Waals surface area contributed by atoms with Crippen LogP contribution in [0.5, 0.6) is 0 Å². The standard InChI is InChI=1S/C18H26N6O/c1-3-24-18(21-22-23-24)15-5-4-6-16(12-15)20-17(25)11-13(2)14-7-9-19-10-8-14/h4-6,12-14,19H,3,7-11H2,1-2H3,(H,20,25). The van der Waals surface area contributed by atoms with Crippen molar-refractivity contribution in [3.8, 4) is 11.4 Å². The summed E-state index contributed by atoms with van der Waals surface area (Å²) in [5.41, 5.74) is 1.68. The van der Waals surface area contributed by atoms with Crippen LogP contribution in [0, 0.1) is 11.8 Å². The summed E-state index contributed by atoms with van der Waals surface area (Å²) >= 11 is 0. The highest BCUT2D eigenvalue weighted by Gasteiger charge is 2.22. The number of anilines is 1. The Morgan fingerprint density at radius 3 is 2.96 bits per heavy atom. The van der Waals surface area contributed by atoms with E-state index in [1.54, 1.807) is 4.68 Å². The molecule has 1 saturated heterocycles. The van der Waals surface area contributed by atoms with E-state index in [-0.39, 0.29) is 5.91 Å². The van der Waals surface area contributed by atoms with Gasteiger partial charge < -0.3 is 10.6 Å². The quantitative estimate of drug-likeness (QED) is 0.841. The first-order valence-electron chi connectivity index (χ1n) is 9.04. The van der Waals surface area contributed by atoms with E-state index in [2.05, 4.69) is 33.1 Å². The average molecular weight is 342 g/mol. The third kappa shape index (κ3) is 4.42. The topological polar surface area (TPSA) is 84.7 Å². The number of hydrogen-bond donors (Lipinski definition) is 2. The zero-order valence-electron chi connectivity index (χ0n) is 14.9. The highest BCUT2D eigenvalue weighted by molar-refractivity contribution is 5.91. The monoisotopic (exact) mass is 342 g/mol. The summed E-state index contributed by atoms with van der Waals surface area (Å²) < 4.78 is 1.74. The fraction of sp³-hybridized carbons (Fsp3) is 0.556. The number of piperidine rings is 1. The minimum atomic E-state index is 0.0678. The van der Waals surface area contributed by atoms with Crippen LogP contribution in [0.4, 0.5) is 5.69 Å². The van der Waals surface area contributed by atoms with Crippen molar-refractivity contribution in [2.24, 2.45) is 11.8 Å². The van der Waals surface area contributed by atoms with Crippen molar-refractivity contribution in [1.29, 1.82) is 0 Å². The van der Waals surface area contributed by atoms with E-state index >= 15 is 0 Å². The summed E-state index contributed by atoms with van der Waals surface area (Å²) in [5, 5.41) is 18.1. The molecular weight excluding hydrogens is 316 g/mol. The van der Waals surface area contributed by atoms with Gasteiger partial charge >= 0.3 is 0 Å². The maximum Gasteiger partial charge on any atom is 0.224 e. The van der Waals surface area contributed by atoms with Gasteiger partial charge in [0.2, 0.25) is 5.91 Å². The summed E-state index contributed by atoms with van der Waals surface area (Å²) in [5.74, 6) is 1.81. The Bertz CT molecular complexity index is 707. The van der Waals surface area contributed by atoms with E-state index < -0.39 is 0 Å². The molecule has 0 spiro atoms. The van der Waals surface area contributed by atoms with Crippen LogP contribution in [-0.4, -0.2) is 39.2 Å². The second kappa shape index (κ2) is 8.20. The van der Waals surface area contributed by atoms with Gasteiger partial charge in [0, 0.05) is 24.2 Å². The van der Waals surface area contributed by atoms with Gasteiger partial charge in [-0.05, 0) is 67.3 Å². The maximum atomic E-state index is 12.4. The largest absolute Gasteiger partial charge is 0.326 e. The Balaban J connectivity index is 1.62. The van der Waals surface area contributed by atoms with Crippen molar-refractivity contribution in [1.82, 2.24) is 25.5 Å². The average Bonchev–Trinajstić information content (AvgIpc) is 3.11. The Morgan fingerprint density at radius 1 is 1.40 bits per heavy atom. The van der Waals surface area contributed by atoms with Crippen LogP contribution in [0.15, 0.2) is 24.3 Å². The fourth-order valence-electron chi connectivity index (χ4n) is 3.44. The molecule has 0 aliphatic carbocycles. The number of nitrogens with zero attached hydrogens (tertiary/aromatic N) is 4. The summed E-state index contributed by atoms with van der Waals surface area (Å²) in [4.78, 5) is 12.4. The molecule has 1 amide bonds. The smallest absolute Gasteiger partial charge is 0.224 e. The first kappa shape index (κ1) is 17.5. The summed E-state index contributed by atoms with van der Waals surface area (Å²) in [6, 6.07) is 7.68. The molecule has 1 aromatic heterocycles. The lowest BCUT2D eigenvalue weighted by Gasteiger charge is -2.27. The number of hydrogen-bond acceptors (Lipinski definition) is 5. The first-order valence-corrected chi connectivity index (χ1v) is 9.04. The number of amides is 1. The zero-order valence-corrected chi connectivity index (χ0v) is 14.9. The molecule has 3 rings (SSSR count). The van der Waals surface area contributed by atoms with E-state index in [0.717, 1.165) is 37.2 Å². The molecule has 0 radical (unpaired) electrons. The van der Waals surface area contributed by atoms with Crippen LogP contribution in [0.25, 0.3) is 11.4 Å². The Labute approximate surface area is 148 Å². The number of aromatic nitrogens is 4. The molecule has 0 saturated carbocycles. The molecule has 1 aromatic carbocycles. The third-order valence-corrected chi connectivity index (χ3v) is 4.93. The van der Waals surface area contributed by atoms with Crippen LogP contribution in [0.3, 0.4) is 0 Å². The summed E-state index contributed by atoms with van der Waals surface area (Å²) in [7, 11) is 0. The Morgan fingerprint density at radius 2 is 2.20 bits per heavy atom. The first-order chi connectivity index (χ1) is 12.2. The van der Waals surface area contributed by atoms with Crippen molar-refractivity contribution in [3.05, 3.63) is 24.3 Å². The molecule has 2 heterocycles. The molecule has 7 nitrogen and oxygen atoms in total. The number of aryl methyl sites for hydroxylation is 1. The number of benzene rings is 1. The van der Waals surface area contributed by atoms with E-state index in [9.17, 15) is 4.79 Å². The van der Waals surface area contributed by atoms with Crippen LogP contribution >= 0.6 is 0 Å². The van der Waals surface area contributed by atoms with Crippen molar-refractivity contribution < 1.29 is 4.79 Å². The van der Waals surface area contributed by atoms with E-state index in [1.165, 1.54) is 0 Å². The van der Waals surface area contributed by atoms with Gasteiger partial charge in [-0.1, -0.05) is 19.1 Å². The molecule has 1 aliphatic rings. The molecule has 7 heteroatoms. The predicted octanol–water partition coefficient (Wildman–Crippen LogP) is 2.32. The molecule has 25 heavy (non-hydrogen) atoms. The molecule has 0 bridgehead atoms. The van der Waals surface area contributed by atoms with E-state index in [4.69, 9.17) is 0 Å². The van der Waals surface area contributed by atoms with Gasteiger partial charge in [-0.3, -0.25) is 4.79 Å². The Hall–Kier alpha value is -2.28. The number of nitrogens with one attached hydrogen (secondary N) is 2. The highest BCUT2D eigenvalue weighted by atomic mass is 16.1. The number of carbonyl (C=O) groups excluding carboxylic acids is 1. The fourth-order valence-corrected chi connectivity index (χ4v) is 3.44. The SMILES string of the molecule is CCn1nnnc1-c1cccc(NC(=O)CC(C)C2CCNCC2)c1. The van der Waals surface area contributed by atoms with Gasteiger partial charge in [0.15, 0.2) is 5.82 Å². The zero-order chi connectivity index (χ0) is 17.6. The normalized spacial score (nSPS) is 16.6. The van der Waals surface area contributed by atoms with Crippen LogP contribution in [0.2, 0.25) is 0 Å². The molecule has 1 atom stereocenters. The molecule has 134 valence electrons. The minimum absolute atomic E-state index is 0.0678. The van der Waals surface area contributed by atoms with Gasteiger partial charge in [-0.15, -0.1) is 5.10 Å². The second-order valence-corrected chi connectivity index (χ2v) is 6.72. The lowest BCUT2D eigenvalue weighted by molar-refractivity contribution is -0.117. The number of carbonyl (C=O) groups is 1. The lowest BCUT2D eigenvalue weighted by atomic mass is 9.84. The number of rotatable bonds is 6. The Kier molecular flexibility index (Phi) is 5.75. The van der Waals surface area contributed by atoms with Gasteiger partial charge in [0.25, 0.3) is 0 Å². The number of tetrazole rings is 1. The predicted molar refractivity (Wildman–Crippen MR) is 96.9 cm³/mol. The van der Waals surface area contributed by atoms with Crippen molar-refractivity contribution >= 4 is 11.6 Å². The van der Waals surface area contributed by atoms with Crippen LogP contribution < -0.4 is 10.6 Å². The van der Waals surface area contributed by atoms with Gasteiger partial charge in [-0.2, -0.15) is 0 Å². The van der Waals surface area contributed by atoms with Crippen molar-refractivity contribution in [2.75, 3.05) is 18.4 Å². The van der Waals surface area contributed by atoms with Gasteiger partial charge in [-0.25, -0.2) is 4.68 Å². The molecular formula is C18H26N6O. The van der Waals surface area contributed by atoms with Crippen molar-refractivity contribution in [2.45, 2.75) is 39.7 Å². The lowest BCUT2D eigenvalue weighted by Crippen LogP contribution is -2.32. The van der Waals surface area contributed by atoms with E-state index in [1.807, 2.05) is 31.2 Å². The van der Waals surface area contributed by atoms with Crippen LogP contribution in [0.1, 0.15) is 33.1 Å². The maximum absolute atomic E-state index is 12.4. The van der Waals surface area contributed by atoms with Crippen molar-refractivity contribution in [3.63, 3.8) is 0 Å².